The van der Waals surface area contributed by atoms with Crippen LogP contribution in [0.1, 0.15) is 23.5 Å². The van der Waals surface area contributed by atoms with Crippen LogP contribution in [0.2, 0.25) is 0 Å². The molecule has 0 aliphatic rings. The summed E-state index contributed by atoms with van der Waals surface area (Å²) in [4.78, 5) is 27.2. The second-order valence-corrected chi connectivity index (χ2v) is 5.55. The van der Waals surface area contributed by atoms with Gasteiger partial charge in [0, 0.05) is 5.38 Å². The number of carboxylic acids is 1. The zero-order valence-corrected chi connectivity index (χ0v) is 13.0. The zero-order chi connectivity index (χ0) is 16.1. The molecular weight excluding hydrogens is 304 g/mol. The number of anilines is 1. The van der Waals surface area contributed by atoms with Crippen molar-refractivity contribution in [3.8, 4) is 5.75 Å². The molecule has 0 radical (unpaired) electrons. The number of nitrogens with one attached hydrogen (secondary N) is 1. The van der Waals surface area contributed by atoms with Crippen molar-refractivity contribution in [2.75, 3.05) is 12.4 Å². The minimum Gasteiger partial charge on any atom is -0.495 e. The predicted octanol–water partition coefficient (Wildman–Crippen LogP) is 2.52. The van der Waals surface area contributed by atoms with Crippen LogP contribution in [0.5, 0.6) is 5.75 Å². The first-order chi connectivity index (χ1) is 10.5. The van der Waals surface area contributed by atoms with Crippen molar-refractivity contribution >= 4 is 28.9 Å². The Morgan fingerprint density at radius 3 is 2.82 bits per heavy atom. The average Bonchev–Trinajstić information content (AvgIpc) is 2.94. The molecule has 1 aromatic carbocycles. The molecule has 1 amide bonds. The van der Waals surface area contributed by atoms with E-state index in [1.54, 1.807) is 30.5 Å². The number of carbonyl (C=O) groups excluding carboxylic acids is 1. The number of methoxy groups -OCH3 is 1. The predicted molar refractivity (Wildman–Crippen MR) is 83.5 cm³/mol. The molecule has 6 nitrogen and oxygen atoms in total. The number of amides is 1. The molecule has 116 valence electrons. The third-order valence-corrected chi connectivity index (χ3v) is 4.11. The first-order valence-electron chi connectivity index (χ1n) is 6.61. The Morgan fingerprint density at radius 2 is 2.14 bits per heavy atom. The minimum absolute atomic E-state index is 0.142. The number of aromatic nitrogens is 1. The molecule has 0 spiro atoms. The van der Waals surface area contributed by atoms with E-state index in [1.165, 1.54) is 18.4 Å². The molecule has 0 aliphatic heterocycles. The van der Waals surface area contributed by atoms with Crippen LogP contribution >= 0.6 is 11.3 Å². The summed E-state index contributed by atoms with van der Waals surface area (Å²) in [5.74, 6) is -1.06. The number of carbonyl (C=O) groups is 2. The SMILES string of the molecule is COc1ccccc1NC(=O)[C@H](C)c1nc(CC(=O)O)cs1. The van der Waals surface area contributed by atoms with E-state index in [1.807, 2.05) is 6.07 Å². The van der Waals surface area contributed by atoms with Gasteiger partial charge in [0.2, 0.25) is 5.91 Å². The topological polar surface area (TPSA) is 88.5 Å². The summed E-state index contributed by atoms with van der Waals surface area (Å²) in [7, 11) is 1.54. The lowest BCUT2D eigenvalue weighted by Crippen LogP contribution is -2.19. The molecular formula is C15H16N2O4S. The lowest BCUT2D eigenvalue weighted by Gasteiger charge is -2.12. The van der Waals surface area contributed by atoms with Gasteiger partial charge in [-0.15, -0.1) is 11.3 Å². The van der Waals surface area contributed by atoms with Crippen LogP contribution in [-0.4, -0.2) is 29.1 Å². The van der Waals surface area contributed by atoms with Gasteiger partial charge in [0.05, 0.1) is 30.8 Å². The molecule has 0 bridgehead atoms. The molecule has 1 heterocycles. The van der Waals surface area contributed by atoms with Gasteiger partial charge in [-0.05, 0) is 19.1 Å². The van der Waals surface area contributed by atoms with Crippen LogP contribution in [0.4, 0.5) is 5.69 Å². The molecule has 2 aromatic rings. The van der Waals surface area contributed by atoms with E-state index in [4.69, 9.17) is 9.84 Å². The van der Waals surface area contributed by atoms with E-state index in [0.29, 0.717) is 22.1 Å². The molecule has 22 heavy (non-hydrogen) atoms. The minimum atomic E-state index is -0.942. The van der Waals surface area contributed by atoms with Crippen molar-refractivity contribution in [1.29, 1.82) is 0 Å². The fourth-order valence-electron chi connectivity index (χ4n) is 1.86. The van der Waals surface area contributed by atoms with Crippen LogP contribution in [0.25, 0.3) is 0 Å². The summed E-state index contributed by atoms with van der Waals surface area (Å²) in [5.41, 5.74) is 1.05. The van der Waals surface area contributed by atoms with Crippen molar-refractivity contribution in [3.63, 3.8) is 0 Å². The van der Waals surface area contributed by atoms with E-state index in [-0.39, 0.29) is 12.3 Å². The summed E-state index contributed by atoms with van der Waals surface area (Å²) in [6, 6.07) is 7.13. The van der Waals surface area contributed by atoms with Gasteiger partial charge in [0.15, 0.2) is 0 Å². The molecule has 2 rings (SSSR count). The van der Waals surface area contributed by atoms with Crippen LogP contribution < -0.4 is 10.1 Å². The van der Waals surface area contributed by atoms with Gasteiger partial charge >= 0.3 is 5.97 Å². The van der Waals surface area contributed by atoms with Crippen molar-refractivity contribution in [3.05, 3.63) is 40.3 Å². The second-order valence-electron chi connectivity index (χ2n) is 4.66. The van der Waals surface area contributed by atoms with Crippen molar-refractivity contribution < 1.29 is 19.4 Å². The maximum Gasteiger partial charge on any atom is 0.309 e. The van der Waals surface area contributed by atoms with Gasteiger partial charge in [-0.1, -0.05) is 12.1 Å². The van der Waals surface area contributed by atoms with Crippen molar-refractivity contribution in [1.82, 2.24) is 4.98 Å². The van der Waals surface area contributed by atoms with Gasteiger partial charge in [0.1, 0.15) is 10.8 Å². The maximum absolute atomic E-state index is 12.3. The number of thiazole rings is 1. The first kappa shape index (κ1) is 16.0. The van der Waals surface area contributed by atoms with E-state index in [0.717, 1.165) is 0 Å². The molecule has 2 N–H and O–H groups in total. The second kappa shape index (κ2) is 7.04. The largest absolute Gasteiger partial charge is 0.495 e. The van der Waals surface area contributed by atoms with Gasteiger partial charge in [0.25, 0.3) is 0 Å². The molecule has 0 saturated carbocycles. The van der Waals surface area contributed by atoms with Crippen molar-refractivity contribution in [2.45, 2.75) is 19.3 Å². The van der Waals surface area contributed by atoms with E-state index in [2.05, 4.69) is 10.3 Å². The fraction of sp³-hybridized carbons (Fsp3) is 0.267. The lowest BCUT2D eigenvalue weighted by molar-refractivity contribution is -0.136. The van der Waals surface area contributed by atoms with Gasteiger partial charge < -0.3 is 15.2 Å². The highest BCUT2D eigenvalue weighted by Gasteiger charge is 2.20. The van der Waals surface area contributed by atoms with Gasteiger partial charge in [-0.3, -0.25) is 9.59 Å². The normalized spacial score (nSPS) is 11.7. The fourth-order valence-corrected chi connectivity index (χ4v) is 2.73. The number of ether oxygens (including phenoxy) is 1. The van der Waals surface area contributed by atoms with E-state index in [9.17, 15) is 9.59 Å². The Balaban J connectivity index is 2.08. The molecule has 0 unspecified atom stereocenters. The molecule has 0 saturated heterocycles. The number of carboxylic acid groups (broad SMARTS) is 1. The van der Waals surface area contributed by atoms with Crippen LogP contribution in [-0.2, 0) is 16.0 Å². The monoisotopic (exact) mass is 320 g/mol. The summed E-state index contributed by atoms with van der Waals surface area (Å²) in [5, 5.41) is 13.8. The Labute approximate surface area is 131 Å². The number of hydrogen-bond donors (Lipinski definition) is 2. The molecule has 1 atom stereocenters. The highest BCUT2D eigenvalue weighted by Crippen LogP contribution is 2.26. The zero-order valence-electron chi connectivity index (χ0n) is 12.2. The smallest absolute Gasteiger partial charge is 0.309 e. The number of benzene rings is 1. The highest BCUT2D eigenvalue weighted by atomic mass is 32.1. The number of rotatable bonds is 6. The van der Waals surface area contributed by atoms with Gasteiger partial charge in [-0.2, -0.15) is 0 Å². The Kier molecular flexibility index (Phi) is 5.11. The third kappa shape index (κ3) is 3.82. The van der Waals surface area contributed by atoms with Crippen LogP contribution in [0, 0.1) is 0 Å². The van der Waals surface area contributed by atoms with E-state index < -0.39 is 11.9 Å². The lowest BCUT2D eigenvalue weighted by atomic mass is 10.1. The van der Waals surface area contributed by atoms with Crippen LogP contribution in [0.3, 0.4) is 0 Å². The number of nitrogens with zero attached hydrogens (tertiary/aromatic N) is 1. The Bertz CT molecular complexity index is 684. The average molecular weight is 320 g/mol. The Hall–Kier alpha value is -2.41. The molecule has 1 aromatic heterocycles. The number of para-hydroxylation sites is 2. The molecule has 0 fully saturated rings. The molecule has 0 aliphatic carbocycles. The van der Waals surface area contributed by atoms with Crippen molar-refractivity contribution in [2.24, 2.45) is 0 Å². The summed E-state index contributed by atoms with van der Waals surface area (Å²) in [6.45, 7) is 1.73. The number of hydrogen-bond acceptors (Lipinski definition) is 5. The summed E-state index contributed by atoms with van der Waals surface area (Å²) >= 11 is 1.28. The highest BCUT2D eigenvalue weighted by molar-refractivity contribution is 7.09. The van der Waals surface area contributed by atoms with E-state index >= 15 is 0 Å². The number of aliphatic carboxylic acids is 1. The quantitative estimate of drug-likeness (QED) is 0.854. The molecule has 7 heteroatoms. The maximum atomic E-state index is 12.3. The standard InChI is InChI=1S/C15H16N2O4S/c1-9(15-16-10(8-22-15)7-13(18)19)14(20)17-11-5-3-4-6-12(11)21-2/h3-6,8-9H,7H2,1-2H3,(H,17,20)(H,18,19)/t9-/m0/s1. The first-order valence-corrected chi connectivity index (χ1v) is 7.49. The van der Waals surface area contributed by atoms with Crippen LogP contribution in [0.15, 0.2) is 29.6 Å². The summed E-state index contributed by atoms with van der Waals surface area (Å²) in [6.07, 6.45) is -0.142. The van der Waals surface area contributed by atoms with Gasteiger partial charge in [-0.25, -0.2) is 4.98 Å². The third-order valence-electron chi connectivity index (χ3n) is 3.03. The Morgan fingerprint density at radius 1 is 1.41 bits per heavy atom. The summed E-state index contributed by atoms with van der Waals surface area (Å²) < 4.78 is 5.19.